The highest BCUT2D eigenvalue weighted by Crippen LogP contribution is 2.37. The maximum atomic E-state index is 14.2. The molecule has 13 heteroatoms. The van der Waals surface area contributed by atoms with Gasteiger partial charge >= 0.3 is 0 Å². The molecule has 0 saturated carbocycles. The number of hydrogen-bond donors (Lipinski definition) is 6. The standard InChI is InChI=1S/C60H60N6O7/c1-4-5-6-7-26-73-50-28-46(59(71)65-48(34-61-36(2)67)30-53(69)63-32-44-20-18-42-16-14-38-10-8-12-40-22-24-51(44)57(42)55(38)40)27-47(29-50)60(72)66-49(35-62-37(3)68)31-54(70)64-33-45-21-19-43-17-15-39-11-9-13-41-23-25-52(45)58(43)56(39)41/h8-25,27-29,48-49H,4-7,26,30-35H2,1-3H3,(H,61,67)(H,62,68)(H,63,69)(H,64,70)(H,65,71)(H,66,72)/t48-,49-/m0/s1. The molecular formula is C60H60N6O7. The second kappa shape index (κ2) is 22.4. The minimum Gasteiger partial charge on any atom is -0.494 e. The molecule has 0 fully saturated rings. The van der Waals surface area contributed by atoms with Crippen LogP contribution in [0.25, 0.3) is 64.6 Å². The van der Waals surface area contributed by atoms with Gasteiger partial charge in [-0.05, 0) is 100 Å². The summed E-state index contributed by atoms with van der Waals surface area (Å²) in [6.45, 7) is 5.61. The number of nitrogens with one attached hydrogen (secondary N) is 6. The summed E-state index contributed by atoms with van der Waals surface area (Å²) in [5, 5.41) is 30.8. The molecular weight excluding hydrogens is 917 g/mol. The third-order valence-corrected chi connectivity index (χ3v) is 13.6. The van der Waals surface area contributed by atoms with Gasteiger partial charge in [0.1, 0.15) is 5.75 Å². The van der Waals surface area contributed by atoms with Crippen molar-refractivity contribution in [3.63, 3.8) is 0 Å². The quantitative estimate of drug-likeness (QED) is 0.0289. The summed E-state index contributed by atoms with van der Waals surface area (Å²) in [7, 11) is 0. The molecule has 9 aromatic carbocycles. The molecule has 0 spiro atoms. The molecule has 0 aliphatic carbocycles. The molecule has 6 N–H and O–H groups in total. The Hall–Kier alpha value is -8.32. The monoisotopic (exact) mass is 976 g/mol. The van der Waals surface area contributed by atoms with Crippen molar-refractivity contribution in [2.75, 3.05) is 19.7 Å². The summed E-state index contributed by atoms with van der Waals surface area (Å²) in [4.78, 5) is 79.9. The van der Waals surface area contributed by atoms with Gasteiger partial charge in [0.2, 0.25) is 23.6 Å². The number of unbranched alkanes of at least 4 members (excludes halogenated alkanes) is 3. The fraction of sp³-hybridized carbons (Fsp3) is 0.267. The largest absolute Gasteiger partial charge is 0.494 e. The third-order valence-electron chi connectivity index (χ3n) is 13.6. The van der Waals surface area contributed by atoms with Gasteiger partial charge in [-0.2, -0.15) is 0 Å². The van der Waals surface area contributed by atoms with Crippen molar-refractivity contribution >= 4 is 100 Å². The first-order chi connectivity index (χ1) is 35.4. The molecule has 73 heavy (non-hydrogen) atoms. The van der Waals surface area contributed by atoms with E-state index in [1.807, 2.05) is 24.3 Å². The van der Waals surface area contributed by atoms with E-state index in [9.17, 15) is 28.8 Å². The van der Waals surface area contributed by atoms with E-state index < -0.39 is 23.9 Å². The van der Waals surface area contributed by atoms with Crippen molar-refractivity contribution in [3.05, 3.63) is 150 Å². The average Bonchev–Trinajstić information content (AvgIpc) is 3.39. The van der Waals surface area contributed by atoms with E-state index in [-0.39, 0.29) is 79.5 Å². The Morgan fingerprint density at radius 1 is 0.466 bits per heavy atom. The summed E-state index contributed by atoms with van der Waals surface area (Å²) < 4.78 is 6.11. The average molecular weight is 977 g/mol. The van der Waals surface area contributed by atoms with Gasteiger partial charge in [0.15, 0.2) is 0 Å². The number of ether oxygens (including phenoxy) is 1. The van der Waals surface area contributed by atoms with Gasteiger partial charge in [-0.25, -0.2) is 0 Å². The van der Waals surface area contributed by atoms with Crippen molar-refractivity contribution < 1.29 is 33.5 Å². The van der Waals surface area contributed by atoms with E-state index in [4.69, 9.17) is 4.74 Å². The Bertz CT molecular complexity index is 3270. The Balaban J connectivity index is 0.891. The molecule has 2 atom stereocenters. The summed E-state index contributed by atoms with van der Waals surface area (Å²) in [5.41, 5.74) is 2.06. The lowest BCUT2D eigenvalue weighted by Gasteiger charge is -2.21. The molecule has 0 aliphatic heterocycles. The summed E-state index contributed by atoms with van der Waals surface area (Å²) in [6, 6.07) is 40.3. The van der Waals surface area contributed by atoms with E-state index in [0.29, 0.717) is 6.61 Å². The van der Waals surface area contributed by atoms with Crippen LogP contribution in [0.5, 0.6) is 5.75 Å². The zero-order valence-corrected chi connectivity index (χ0v) is 41.4. The van der Waals surface area contributed by atoms with Gasteiger partial charge < -0.3 is 36.6 Å². The third kappa shape index (κ3) is 11.6. The van der Waals surface area contributed by atoms with Crippen LogP contribution in [0.15, 0.2) is 127 Å². The fourth-order valence-electron chi connectivity index (χ4n) is 9.96. The number of hydrogen-bond acceptors (Lipinski definition) is 7. The maximum absolute atomic E-state index is 14.2. The van der Waals surface area contributed by atoms with Crippen LogP contribution < -0.4 is 36.6 Å². The molecule has 0 aromatic heterocycles. The molecule has 0 heterocycles. The Labute approximate surface area is 423 Å². The molecule has 9 rings (SSSR count). The zero-order valence-electron chi connectivity index (χ0n) is 41.4. The zero-order chi connectivity index (χ0) is 51.0. The van der Waals surface area contributed by atoms with Crippen molar-refractivity contribution in [2.24, 2.45) is 0 Å². The minimum atomic E-state index is -0.824. The Morgan fingerprint density at radius 2 is 0.877 bits per heavy atom. The van der Waals surface area contributed by atoms with Gasteiger partial charge in [-0.15, -0.1) is 0 Å². The van der Waals surface area contributed by atoms with Crippen molar-refractivity contribution in [1.82, 2.24) is 31.9 Å². The predicted molar refractivity (Wildman–Crippen MR) is 289 cm³/mol. The second-order valence-electron chi connectivity index (χ2n) is 19.0. The summed E-state index contributed by atoms with van der Waals surface area (Å²) in [5.74, 6) is -2.25. The van der Waals surface area contributed by atoms with E-state index >= 15 is 0 Å². The van der Waals surface area contributed by atoms with Crippen LogP contribution in [0.2, 0.25) is 0 Å². The second-order valence-corrected chi connectivity index (χ2v) is 19.0. The van der Waals surface area contributed by atoms with Gasteiger partial charge in [0.25, 0.3) is 11.8 Å². The minimum absolute atomic E-state index is 0.0300. The SMILES string of the molecule is CCCCCCOc1cc(C(=O)N[C@H](CNC(C)=O)CC(=O)NCc2ccc3ccc4cccc5ccc2c3c45)cc(C(=O)N[C@H](CNC(C)=O)CC(=O)NCc2ccc3ccc4cccc5ccc2c3c45)c1. The first-order valence-electron chi connectivity index (χ1n) is 25.1. The highest BCUT2D eigenvalue weighted by Gasteiger charge is 2.24. The molecule has 13 nitrogen and oxygen atoms in total. The Kier molecular flexibility index (Phi) is 15.2. The smallest absolute Gasteiger partial charge is 0.251 e. The number of benzene rings is 9. The van der Waals surface area contributed by atoms with Crippen LogP contribution >= 0.6 is 0 Å². The van der Waals surface area contributed by atoms with E-state index in [2.05, 4.69) is 124 Å². The van der Waals surface area contributed by atoms with E-state index in [1.165, 1.54) is 42.8 Å². The van der Waals surface area contributed by atoms with E-state index in [0.717, 1.165) is 90.7 Å². The lowest BCUT2D eigenvalue weighted by molar-refractivity contribution is -0.123. The summed E-state index contributed by atoms with van der Waals surface area (Å²) >= 11 is 0. The molecule has 0 bridgehead atoms. The maximum Gasteiger partial charge on any atom is 0.251 e. The van der Waals surface area contributed by atoms with Gasteiger partial charge in [-0.1, -0.05) is 135 Å². The van der Waals surface area contributed by atoms with Gasteiger partial charge in [0, 0.05) is 64.0 Å². The molecule has 0 unspecified atom stereocenters. The van der Waals surface area contributed by atoms with Crippen LogP contribution in [0.3, 0.4) is 0 Å². The summed E-state index contributed by atoms with van der Waals surface area (Å²) in [6.07, 6.45) is 3.47. The van der Waals surface area contributed by atoms with Crippen LogP contribution in [-0.4, -0.2) is 67.2 Å². The normalized spacial score (nSPS) is 12.3. The van der Waals surface area contributed by atoms with Crippen LogP contribution in [-0.2, 0) is 32.3 Å². The molecule has 0 radical (unpaired) electrons. The highest BCUT2D eigenvalue weighted by atomic mass is 16.5. The predicted octanol–water partition coefficient (Wildman–Crippen LogP) is 9.32. The molecule has 0 saturated heterocycles. The van der Waals surface area contributed by atoms with Gasteiger partial charge in [0.05, 0.1) is 18.7 Å². The van der Waals surface area contributed by atoms with Crippen LogP contribution in [0.4, 0.5) is 0 Å². The lowest BCUT2D eigenvalue weighted by atomic mass is 9.92. The fourth-order valence-corrected chi connectivity index (χ4v) is 9.96. The lowest BCUT2D eigenvalue weighted by Crippen LogP contribution is -2.46. The Morgan fingerprint density at radius 3 is 1.30 bits per heavy atom. The van der Waals surface area contributed by atoms with Crippen molar-refractivity contribution in [2.45, 2.75) is 84.5 Å². The van der Waals surface area contributed by atoms with Crippen LogP contribution in [0.1, 0.15) is 91.1 Å². The number of amides is 6. The van der Waals surface area contributed by atoms with Crippen LogP contribution in [0, 0.1) is 0 Å². The van der Waals surface area contributed by atoms with Gasteiger partial charge in [-0.3, -0.25) is 28.8 Å². The number of rotatable bonds is 22. The molecule has 9 aromatic rings. The first kappa shape index (κ1) is 49.7. The van der Waals surface area contributed by atoms with Crippen molar-refractivity contribution in [3.8, 4) is 5.75 Å². The molecule has 6 amide bonds. The number of carbonyl (C=O) groups is 6. The van der Waals surface area contributed by atoms with E-state index in [1.54, 1.807) is 0 Å². The molecule has 0 aliphatic rings. The topological polar surface area (TPSA) is 184 Å². The van der Waals surface area contributed by atoms with Crippen molar-refractivity contribution in [1.29, 1.82) is 0 Å². The number of carbonyl (C=O) groups excluding carboxylic acids is 6. The highest BCUT2D eigenvalue weighted by molar-refractivity contribution is 6.24. The molecule has 372 valence electrons. The first-order valence-corrected chi connectivity index (χ1v) is 25.1.